The topological polar surface area (TPSA) is 58.2 Å². The molecule has 2 N–H and O–H groups in total. The van der Waals surface area contributed by atoms with Crippen molar-refractivity contribution < 1.29 is 9.59 Å². The maximum Gasteiger partial charge on any atom is 0.321 e. The van der Waals surface area contributed by atoms with Crippen molar-refractivity contribution in [1.82, 2.24) is 10.6 Å². The van der Waals surface area contributed by atoms with Gasteiger partial charge in [-0.3, -0.25) is 10.1 Å². The van der Waals surface area contributed by atoms with E-state index in [9.17, 15) is 9.59 Å². The summed E-state index contributed by atoms with van der Waals surface area (Å²) in [6.07, 6.45) is 0. The number of alkyl halides is 1. The number of hydrogen-bond acceptors (Lipinski definition) is 2. The van der Waals surface area contributed by atoms with Crippen LogP contribution in [0, 0.1) is 5.92 Å². The molecule has 4 nitrogen and oxygen atoms in total. The maximum absolute atomic E-state index is 10.8. The summed E-state index contributed by atoms with van der Waals surface area (Å²) in [6, 6.07) is -0.439. The Morgan fingerprint density at radius 2 is 2.30 bits per heavy atom. The molecule has 0 radical (unpaired) electrons. The minimum atomic E-state index is -0.439. The number of halogens is 1. The molecule has 1 fully saturated rings. The van der Waals surface area contributed by atoms with Crippen LogP contribution in [0.15, 0.2) is 0 Å². The lowest BCUT2D eigenvalue weighted by atomic mass is 10.1. The molecule has 0 aliphatic carbocycles. The Bertz CT molecular complexity index is 171. The molecule has 0 aromatic rings. The van der Waals surface area contributed by atoms with E-state index in [-0.39, 0.29) is 17.7 Å². The van der Waals surface area contributed by atoms with Crippen molar-refractivity contribution in [3.05, 3.63) is 0 Å². The summed E-state index contributed by atoms with van der Waals surface area (Å²) < 4.78 is 0. The standard InChI is InChI=1S/C5H7ClN2O2/c6-1-3-2-7-5(10)8-4(3)9/h3H,1-2H2,(H2,7,8,9,10). The van der Waals surface area contributed by atoms with Gasteiger partial charge in [0.15, 0.2) is 0 Å². The van der Waals surface area contributed by atoms with Crippen molar-refractivity contribution in [3.63, 3.8) is 0 Å². The highest BCUT2D eigenvalue weighted by molar-refractivity contribution is 6.19. The zero-order chi connectivity index (χ0) is 7.56. The summed E-state index contributed by atoms with van der Waals surface area (Å²) in [5.41, 5.74) is 0. The Balaban J connectivity index is 2.51. The third-order valence-corrected chi connectivity index (χ3v) is 1.68. The van der Waals surface area contributed by atoms with Gasteiger partial charge in [-0.15, -0.1) is 11.6 Å². The fraction of sp³-hybridized carbons (Fsp3) is 0.600. The van der Waals surface area contributed by atoms with Crippen LogP contribution in [0.5, 0.6) is 0 Å². The summed E-state index contributed by atoms with van der Waals surface area (Å²) >= 11 is 5.41. The number of rotatable bonds is 1. The Kier molecular flexibility index (Phi) is 2.11. The van der Waals surface area contributed by atoms with Gasteiger partial charge >= 0.3 is 6.03 Å². The average Bonchev–Trinajstić information content (AvgIpc) is 1.88. The van der Waals surface area contributed by atoms with Crippen LogP contribution >= 0.6 is 11.6 Å². The summed E-state index contributed by atoms with van der Waals surface area (Å²) in [4.78, 5) is 21.2. The lowest BCUT2D eigenvalue weighted by Crippen LogP contribution is -2.52. The molecular weight excluding hydrogens is 156 g/mol. The van der Waals surface area contributed by atoms with Crippen molar-refractivity contribution in [2.24, 2.45) is 5.92 Å². The minimum Gasteiger partial charge on any atom is -0.337 e. The first kappa shape index (κ1) is 7.34. The van der Waals surface area contributed by atoms with Crippen LogP contribution in [-0.2, 0) is 4.79 Å². The molecule has 1 aliphatic heterocycles. The van der Waals surface area contributed by atoms with Gasteiger partial charge < -0.3 is 5.32 Å². The Morgan fingerprint density at radius 3 is 2.80 bits per heavy atom. The summed E-state index contributed by atoms with van der Waals surface area (Å²) in [6.45, 7) is 0.341. The predicted molar refractivity (Wildman–Crippen MR) is 35.8 cm³/mol. The van der Waals surface area contributed by atoms with E-state index >= 15 is 0 Å². The lowest BCUT2D eigenvalue weighted by Gasteiger charge is -2.19. The van der Waals surface area contributed by atoms with E-state index < -0.39 is 6.03 Å². The highest BCUT2D eigenvalue weighted by Crippen LogP contribution is 2.01. The molecule has 56 valence electrons. The molecular formula is C5H7ClN2O2. The van der Waals surface area contributed by atoms with Crippen LogP contribution in [0.1, 0.15) is 0 Å². The first-order chi connectivity index (χ1) is 4.74. The van der Waals surface area contributed by atoms with Crippen LogP contribution in [0.2, 0.25) is 0 Å². The van der Waals surface area contributed by atoms with E-state index in [1.807, 2.05) is 0 Å². The number of urea groups is 1. The van der Waals surface area contributed by atoms with Gasteiger partial charge in [-0.25, -0.2) is 4.79 Å². The van der Waals surface area contributed by atoms with Crippen LogP contribution in [0.25, 0.3) is 0 Å². The second-order valence-electron chi connectivity index (χ2n) is 2.05. The molecule has 0 bridgehead atoms. The fourth-order valence-corrected chi connectivity index (χ4v) is 0.941. The van der Waals surface area contributed by atoms with E-state index in [2.05, 4.69) is 10.6 Å². The largest absolute Gasteiger partial charge is 0.337 e. The van der Waals surface area contributed by atoms with Gasteiger partial charge in [-0.1, -0.05) is 0 Å². The molecule has 3 amide bonds. The molecule has 5 heteroatoms. The molecule has 1 saturated heterocycles. The van der Waals surface area contributed by atoms with Crippen molar-refractivity contribution in [2.45, 2.75) is 0 Å². The lowest BCUT2D eigenvalue weighted by molar-refractivity contribution is -0.123. The molecule has 10 heavy (non-hydrogen) atoms. The summed E-state index contributed by atoms with van der Waals surface area (Å²) in [5.74, 6) is -0.329. The number of carbonyl (C=O) groups excluding carboxylic acids is 2. The maximum atomic E-state index is 10.8. The van der Waals surface area contributed by atoms with Gasteiger partial charge in [-0.2, -0.15) is 0 Å². The number of nitrogens with one attached hydrogen (secondary N) is 2. The molecule has 0 saturated carbocycles. The average molecular weight is 163 g/mol. The third-order valence-electron chi connectivity index (χ3n) is 1.30. The molecule has 1 atom stereocenters. The number of hydrogen-bond donors (Lipinski definition) is 2. The van der Waals surface area contributed by atoms with Gasteiger partial charge in [0.1, 0.15) is 0 Å². The van der Waals surface area contributed by atoms with Gasteiger partial charge in [0.05, 0.1) is 5.92 Å². The van der Waals surface area contributed by atoms with Crippen LogP contribution < -0.4 is 10.6 Å². The zero-order valence-electron chi connectivity index (χ0n) is 5.19. The zero-order valence-corrected chi connectivity index (χ0v) is 5.94. The Labute approximate surface area is 62.9 Å². The predicted octanol–water partition coefficient (Wildman–Crippen LogP) is -0.319. The number of imide groups is 1. The van der Waals surface area contributed by atoms with Crippen molar-refractivity contribution >= 4 is 23.5 Å². The van der Waals surface area contributed by atoms with E-state index in [0.29, 0.717) is 6.54 Å². The monoisotopic (exact) mass is 162 g/mol. The van der Waals surface area contributed by atoms with E-state index in [1.54, 1.807) is 0 Å². The highest BCUT2D eigenvalue weighted by atomic mass is 35.5. The minimum absolute atomic E-state index is 0.242. The Hall–Kier alpha value is -0.770. The van der Waals surface area contributed by atoms with Gasteiger partial charge in [0.25, 0.3) is 0 Å². The van der Waals surface area contributed by atoms with Crippen LogP contribution in [0.3, 0.4) is 0 Å². The van der Waals surface area contributed by atoms with Crippen molar-refractivity contribution in [1.29, 1.82) is 0 Å². The normalized spacial score (nSPS) is 25.5. The van der Waals surface area contributed by atoms with Crippen LogP contribution in [0.4, 0.5) is 4.79 Å². The van der Waals surface area contributed by atoms with E-state index in [0.717, 1.165) is 0 Å². The third kappa shape index (κ3) is 1.39. The molecule has 1 rings (SSSR count). The SMILES string of the molecule is O=C1NCC(CCl)C(=O)N1. The second-order valence-corrected chi connectivity index (χ2v) is 2.36. The molecule has 1 unspecified atom stereocenters. The molecule has 0 aromatic heterocycles. The number of carbonyl (C=O) groups is 2. The molecule has 0 spiro atoms. The Morgan fingerprint density at radius 1 is 1.60 bits per heavy atom. The van der Waals surface area contributed by atoms with Crippen LogP contribution in [-0.4, -0.2) is 24.4 Å². The number of amides is 3. The van der Waals surface area contributed by atoms with Crippen molar-refractivity contribution in [2.75, 3.05) is 12.4 Å². The van der Waals surface area contributed by atoms with Crippen molar-refractivity contribution in [3.8, 4) is 0 Å². The van der Waals surface area contributed by atoms with Gasteiger partial charge in [-0.05, 0) is 0 Å². The fourth-order valence-electron chi connectivity index (χ4n) is 0.691. The summed E-state index contributed by atoms with van der Waals surface area (Å²) in [7, 11) is 0. The molecule has 0 aromatic carbocycles. The molecule has 1 aliphatic rings. The second kappa shape index (κ2) is 2.88. The smallest absolute Gasteiger partial charge is 0.321 e. The van der Waals surface area contributed by atoms with Gasteiger partial charge in [0, 0.05) is 12.4 Å². The van der Waals surface area contributed by atoms with E-state index in [1.165, 1.54) is 0 Å². The molecule has 1 heterocycles. The van der Waals surface area contributed by atoms with E-state index in [4.69, 9.17) is 11.6 Å². The first-order valence-electron chi connectivity index (χ1n) is 2.88. The summed E-state index contributed by atoms with van der Waals surface area (Å²) in [5, 5.41) is 4.56. The first-order valence-corrected chi connectivity index (χ1v) is 3.42. The quantitative estimate of drug-likeness (QED) is 0.520. The highest BCUT2D eigenvalue weighted by Gasteiger charge is 2.24. The van der Waals surface area contributed by atoms with Gasteiger partial charge in [0.2, 0.25) is 5.91 Å².